The van der Waals surface area contributed by atoms with Crippen LogP contribution < -0.4 is 5.32 Å². The first kappa shape index (κ1) is 17.7. The molecule has 5 heteroatoms. The van der Waals surface area contributed by atoms with Crippen molar-refractivity contribution in [2.75, 3.05) is 39.8 Å². The molecule has 0 aromatic rings. The van der Waals surface area contributed by atoms with Crippen LogP contribution in [0.15, 0.2) is 17.1 Å². The first-order chi connectivity index (χ1) is 11.4. The molecule has 3 unspecified atom stereocenters. The lowest BCUT2D eigenvalue weighted by molar-refractivity contribution is -0.176. The van der Waals surface area contributed by atoms with Crippen molar-refractivity contribution in [2.45, 2.75) is 58.2 Å². The molecule has 0 radical (unpaired) electrons. The SMILES string of the molecule is CCN=C(NC1CC(C)(OC)C1(C)C)N1CCC(N2CC=CC2)C1. The van der Waals surface area contributed by atoms with Crippen molar-refractivity contribution >= 4 is 5.96 Å². The summed E-state index contributed by atoms with van der Waals surface area (Å²) >= 11 is 0. The third-order valence-electron chi connectivity index (χ3n) is 6.72. The van der Waals surface area contributed by atoms with Crippen LogP contribution in [0.25, 0.3) is 0 Å². The Morgan fingerprint density at radius 3 is 2.58 bits per heavy atom. The van der Waals surface area contributed by atoms with Crippen molar-refractivity contribution in [3.05, 3.63) is 12.2 Å². The zero-order valence-electron chi connectivity index (χ0n) is 16.0. The molecule has 1 N–H and O–H groups in total. The highest BCUT2D eigenvalue weighted by atomic mass is 16.5. The van der Waals surface area contributed by atoms with Crippen LogP contribution in [0.2, 0.25) is 0 Å². The highest BCUT2D eigenvalue weighted by Crippen LogP contribution is 2.51. The topological polar surface area (TPSA) is 40.1 Å². The zero-order chi connectivity index (χ0) is 17.4. The minimum absolute atomic E-state index is 0.0449. The van der Waals surface area contributed by atoms with Crippen LogP contribution in [0.4, 0.5) is 0 Å². The lowest BCUT2D eigenvalue weighted by atomic mass is 9.56. The van der Waals surface area contributed by atoms with E-state index in [-0.39, 0.29) is 11.0 Å². The molecule has 3 aliphatic rings. The molecule has 1 saturated carbocycles. The third-order valence-corrected chi connectivity index (χ3v) is 6.72. The summed E-state index contributed by atoms with van der Waals surface area (Å²) in [6.07, 6.45) is 6.83. The summed E-state index contributed by atoms with van der Waals surface area (Å²) in [5.74, 6) is 1.09. The van der Waals surface area contributed by atoms with Gasteiger partial charge in [-0.25, -0.2) is 0 Å². The van der Waals surface area contributed by atoms with Crippen LogP contribution in [0.3, 0.4) is 0 Å². The minimum atomic E-state index is -0.0449. The number of nitrogens with one attached hydrogen (secondary N) is 1. The van der Waals surface area contributed by atoms with Gasteiger partial charge in [-0.15, -0.1) is 0 Å². The molecule has 1 saturated heterocycles. The van der Waals surface area contributed by atoms with Crippen LogP contribution in [-0.2, 0) is 4.74 Å². The van der Waals surface area contributed by atoms with E-state index in [9.17, 15) is 0 Å². The van der Waals surface area contributed by atoms with Crippen molar-refractivity contribution in [2.24, 2.45) is 10.4 Å². The molecule has 2 heterocycles. The van der Waals surface area contributed by atoms with Crippen molar-refractivity contribution in [1.29, 1.82) is 0 Å². The van der Waals surface area contributed by atoms with Crippen molar-refractivity contribution in [3.8, 4) is 0 Å². The van der Waals surface area contributed by atoms with E-state index in [1.54, 1.807) is 0 Å². The van der Waals surface area contributed by atoms with Gasteiger partial charge in [0.1, 0.15) is 0 Å². The molecule has 0 aromatic heterocycles. The van der Waals surface area contributed by atoms with E-state index in [4.69, 9.17) is 9.73 Å². The van der Waals surface area contributed by atoms with Crippen LogP contribution in [-0.4, -0.2) is 73.3 Å². The number of ether oxygens (including phenoxy) is 1. The fourth-order valence-corrected chi connectivity index (χ4v) is 4.29. The zero-order valence-corrected chi connectivity index (χ0v) is 16.0. The van der Waals surface area contributed by atoms with Crippen molar-refractivity contribution in [3.63, 3.8) is 0 Å². The van der Waals surface area contributed by atoms with Gasteiger partial charge in [-0.3, -0.25) is 9.89 Å². The van der Waals surface area contributed by atoms with E-state index >= 15 is 0 Å². The van der Waals surface area contributed by atoms with E-state index in [0.29, 0.717) is 12.1 Å². The number of likely N-dealkylation sites (tertiary alicyclic amines) is 1. The number of hydrogen-bond donors (Lipinski definition) is 1. The molecule has 3 atom stereocenters. The second-order valence-corrected chi connectivity index (χ2v) is 8.17. The normalized spacial score (nSPS) is 36.2. The fourth-order valence-electron chi connectivity index (χ4n) is 4.29. The van der Waals surface area contributed by atoms with E-state index in [0.717, 1.165) is 45.1 Å². The van der Waals surface area contributed by atoms with E-state index < -0.39 is 0 Å². The Labute approximate surface area is 147 Å². The highest BCUT2D eigenvalue weighted by molar-refractivity contribution is 5.81. The average Bonchev–Trinajstić information content (AvgIpc) is 3.24. The van der Waals surface area contributed by atoms with Gasteiger partial charge >= 0.3 is 0 Å². The molecule has 5 nitrogen and oxygen atoms in total. The number of methoxy groups -OCH3 is 1. The number of nitrogens with zero attached hydrogens (tertiary/aromatic N) is 3. The standard InChI is InChI=1S/C19H34N4O/c1-6-20-17(21-16-13-19(4,24-5)18(16,2)3)23-12-9-15(14-23)22-10-7-8-11-22/h7-8,15-16H,6,9-14H2,1-5H3,(H,20,21). The Balaban J connectivity index is 1.61. The summed E-state index contributed by atoms with van der Waals surface area (Å²) < 4.78 is 5.76. The maximum Gasteiger partial charge on any atom is 0.194 e. The second kappa shape index (κ2) is 6.68. The summed E-state index contributed by atoms with van der Waals surface area (Å²) in [5.41, 5.74) is 0.0605. The molecule has 24 heavy (non-hydrogen) atoms. The van der Waals surface area contributed by atoms with Gasteiger partial charge in [0.15, 0.2) is 5.96 Å². The summed E-state index contributed by atoms with van der Waals surface area (Å²) in [6, 6.07) is 1.07. The van der Waals surface area contributed by atoms with E-state index in [1.165, 1.54) is 6.42 Å². The molecule has 0 aromatic carbocycles. The Morgan fingerprint density at radius 1 is 1.29 bits per heavy atom. The molecule has 0 spiro atoms. The smallest absolute Gasteiger partial charge is 0.194 e. The Hall–Kier alpha value is -1.07. The number of aliphatic imine (C=N–C) groups is 1. The maximum atomic E-state index is 5.76. The highest BCUT2D eigenvalue weighted by Gasteiger charge is 2.58. The molecule has 0 amide bonds. The largest absolute Gasteiger partial charge is 0.378 e. The summed E-state index contributed by atoms with van der Waals surface area (Å²) in [4.78, 5) is 9.80. The van der Waals surface area contributed by atoms with Gasteiger partial charge in [0.25, 0.3) is 0 Å². The lowest BCUT2D eigenvalue weighted by Gasteiger charge is -2.59. The molecule has 1 aliphatic carbocycles. The summed E-state index contributed by atoms with van der Waals surface area (Å²) in [6.45, 7) is 14.1. The fraction of sp³-hybridized carbons (Fsp3) is 0.842. The Morgan fingerprint density at radius 2 is 2.00 bits per heavy atom. The van der Waals surface area contributed by atoms with Gasteiger partial charge in [0.2, 0.25) is 0 Å². The maximum absolute atomic E-state index is 5.76. The molecule has 3 rings (SSSR count). The molecular weight excluding hydrogens is 300 g/mol. The average molecular weight is 335 g/mol. The Bertz CT molecular complexity index is 507. The first-order valence-electron chi connectivity index (χ1n) is 9.41. The second-order valence-electron chi connectivity index (χ2n) is 8.17. The molecule has 136 valence electrons. The van der Waals surface area contributed by atoms with Crippen LogP contribution in [0, 0.1) is 5.41 Å². The third kappa shape index (κ3) is 2.97. The minimum Gasteiger partial charge on any atom is -0.378 e. The molecular formula is C19H34N4O. The summed E-state index contributed by atoms with van der Waals surface area (Å²) in [7, 11) is 1.83. The van der Waals surface area contributed by atoms with Gasteiger partial charge in [0.05, 0.1) is 5.60 Å². The predicted molar refractivity (Wildman–Crippen MR) is 99.4 cm³/mol. The number of rotatable bonds is 4. The van der Waals surface area contributed by atoms with Gasteiger partial charge in [-0.1, -0.05) is 26.0 Å². The van der Waals surface area contributed by atoms with Gasteiger partial charge in [0, 0.05) is 57.3 Å². The van der Waals surface area contributed by atoms with Crippen LogP contribution in [0.5, 0.6) is 0 Å². The van der Waals surface area contributed by atoms with E-state index in [2.05, 4.69) is 55.0 Å². The predicted octanol–water partition coefficient (Wildman–Crippen LogP) is 2.10. The van der Waals surface area contributed by atoms with Gasteiger partial charge in [-0.05, 0) is 26.7 Å². The first-order valence-corrected chi connectivity index (χ1v) is 9.41. The molecule has 2 fully saturated rings. The van der Waals surface area contributed by atoms with Gasteiger partial charge in [-0.2, -0.15) is 0 Å². The monoisotopic (exact) mass is 334 g/mol. The molecule has 2 aliphatic heterocycles. The van der Waals surface area contributed by atoms with E-state index in [1.807, 2.05) is 7.11 Å². The number of guanidine groups is 1. The number of hydrogen-bond acceptors (Lipinski definition) is 3. The van der Waals surface area contributed by atoms with Crippen LogP contribution >= 0.6 is 0 Å². The van der Waals surface area contributed by atoms with Gasteiger partial charge < -0.3 is 15.0 Å². The molecule has 0 bridgehead atoms. The summed E-state index contributed by atoms with van der Waals surface area (Å²) in [5, 5.41) is 3.75. The van der Waals surface area contributed by atoms with Crippen molar-refractivity contribution in [1.82, 2.24) is 15.1 Å². The lowest BCUT2D eigenvalue weighted by Crippen LogP contribution is -2.69. The quantitative estimate of drug-likeness (QED) is 0.486. The van der Waals surface area contributed by atoms with Crippen molar-refractivity contribution < 1.29 is 4.74 Å². The van der Waals surface area contributed by atoms with Crippen LogP contribution in [0.1, 0.15) is 40.5 Å². The Kier molecular flexibility index (Phi) is 4.94.